The number of nitrogens with one attached hydrogen (secondary N) is 4. The van der Waals surface area contributed by atoms with E-state index in [9.17, 15) is 58.5 Å². The third-order valence-electron chi connectivity index (χ3n) is 5.70. The van der Waals surface area contributed by atoms with Gasteiger partial charge in [-0.1, -0.05) is 13.8 Å². The molecule has 0 saturated heterocycles. The lowest BCUT2D eigenvalue weighted by atomic mass is 10.1. The van der Waals surface area contributed by atoms with Crippen LogP contribution in [-0.2, 0) is 43.2 Å². The van der Waals surface area contributed by atoms with Crippen molar-refractivity contribution in [1.29, 1.82) is 0 Å². The number of rotatable bonds is 21. The molecule has 0 aromatic carbocycles. The number of carboxylic acids is 4. The largest absolute Gasteiger partial charge is 0.480 e. The second kappa shape index (κ2) is 18.6. The van der Waals surface area contributed by atoms with E-state index in [2.05, 4.69) is 21.3 Å². The van der Waals surface area contributed by atoms with Gasteiger partial charge in [0.25, 0.3) is 0 Å². The Kier molecular flexibility index (Phi) is 16.4. The van der Waals surface area contributed by atoms with Gasteiger partial charge in [0.15, 0.2) is 0 Å². The summed E-state index contributed by atoms with van der Waals surface area (Å²) in [5.74, 6) is -10.4. The molecule has 0 aromatic rings. The lowest BCUT2D eigenvalue weighted by molar-refractivity contribution is -0.144. The Morgan fingerprint density at radius 3 is 1.00 bits per heavy atom. The van der Waals surface area contributed by atoms with Crippen molar-refractivity contribution >= 4 is 53.4 Å². The summed E-state index contributed by atoms with van der Waals surface area (Å²) in [6.45, 7) is 3.08. The Morgan fingerprint density at radius 2 is 0.762 bits per heavy atom. The third kappa shape index (κ3) is 15.7. The molecule has 0 spiro atoms. The maximum absolute atomic E-state index is 12.3. The molecule has 0 aliphatic rings. The number of aliphatic carboxylic acids is 4. The van der Waals surface area contributed by atoms with Gasteiger partial charge in [-0.3, -0.25) is 24.0 Å². The molecule has 5 amide bonds. The SMILES string of the molecule is CC(C)C(=O)NC(CCC(=O)NC(CCC(=O)NC(CCC(=O)NC(CCC(N)=O)C(=O)O)C(=O)O)C(=O)O)C(=O)O. The second-order valence-electron chi connectivity index (χ2n) is 9.55. The van der Waals surface area contributed by atoms with E-state index in [1.807, 2.05) is 0 Å². The minimum atomic E-state index is -1.59. The summed E-state index contributed by atoms with van der Waals surface area (Å²) in [7, 11) is 0. The first kappa shape index (κ1) is 37.2. The van der Waals surface area contributed by atoms with Gasteiger partial charge in [0.2, 0.25) is 29.5 Å². The molecule has 18 nitrogen and oxygen atoms in total. The molecule has 18 heteroatoms. The predicted molar refractivity (Wildman–Crippen MR) is 139 cm³/mol. The molecule has 0 bridgehead atoms. The maximum Gasteiger partial charge on any atom is 0.326 e. The van der Waals surface area contributed by atoms with Gasteiger partial charge in [0.1, 0.15) is 24.2 Å². The predicted octanol–water partition coefficient (Wildman–Crippen LogP) is -2.47. The molecule has 0 aromatic heterocycles. The molecule has 42 heavy (non-hydrogen) atoms. The highest BCUT2D eigenvalue weighted by atomic mass is 16.4. The van der Waals surface area contributed by atoms with E-state index in [1.165, 1.54) is 13.8 Å². The number of carbonyl (C=O) groups is 9. The normalized spacial score (nSPS) is 13.5. The number of hydrogen-bond donors (Lipinski definition) is 9. The average molecular weight is 604 g/mol. The minimum Gasteiger partial charge on any atom is -0.480 e. The summed E-state index contributed by atoms with van der Waals surface area (Å²) in [6.07, 6.45) is -3.38. The highest BCUT2D eigenvalue weighted by molar-refractivity contribution is 5.88. The van der Waals surface area contributed by atoms with Gasteiger partial charge in [-0.15, -0.1) is 0 Å². The van der Waals surface area contributed by atoms with Crippen molar-refractivity contribution in [2.75, 3.05) is 0 Å². The Hall–Kier alpha value is -4.77. The van der Waals surface area contributed by atoms with Crippen molar-refractivity contribution < 1.29 is 63.6 Å². The smallest absolute Gasteiger partial charge is 0.326 e. The van der Waals surface area contributed by atoms with E-state index < -0.39 is 116 Å². The van der Waals surface area contributed by atoms with Crippen LogP contribution in [0.3, 0.4) is 0 Å². The molecular weight excluding hydrogens is 566 g/mol. The quantitative estimate of drug-likeness (QED) is 0.0657. The summed E-state index contributed by atoms with van der Waals surface area (Å²) < 4.78 is 0. The van der Waals surface area contributed by atoms with E-state index in [0.29, 0.717) is 0 Å². The first-order valence-corrected chi connectivity index (χ1v) is 12.8. The molecule has 10 N–H and O–H groups in total. The van der Waals surface area contributed by atoms with E-state index in [1.54, 1.807) is 0 Å². The fraction of sp³-hybridized carbons (Fsp3) is 0.625. The fourth-order valence-corrected chi connectivity index (χ4v) is 3.28. The van der Waals surface area contributed by atoms with Crippen LogP contribution in [0.4, 0.5) is 0 Å². The third-order valence-corrected chi connectivity index (χ3v) is 5.70. The van der Waals surface area contributed by atoms with Crippen molar-refractivity contribution in [2.45, 2.75) is 89.4 Å². The fourth-order valence-electron chi connectivity index (χ4n) is 3.28. The van der Waals surface area contributed by atoms with Gasteiger partial charge in [-0.05, 0) is 25.7 Å². The van der Waals surface area contributed by atoms with Gasteiger partial charge >= 0.3 is 23.9 Å². The topological polar surface area (TPSA) is 309 Å². The summed E-state index contributed by atoms with van der Waals surface area (Å²) in [5.41, 5.74) is 4.95. The summed E-state index contributed by atoms with van der Waals surface area (Å²) >= 11 is 0. The van der Waals surface area contributed by atoms with Crippen LogP contribution >= 0.6 is 0 Å². The monoisotopic (exact) mass is 603 g/mol. The number of carbonyl (C=O) groups excluding carboxylic acids is 5. The van der Waals surface area contributed by atoms with Gasteiger partial charge in [-0.2, -0.15) is 0 Å². The molecule has 4 unspecified atom stereocenters. The first-order chi connectivity index (χ1) is 19.4. The van der Waals surface area contributed by atoms with E-state index >= 15 is 0 Å². The van der Waals surface area contributed by atoms with Crippen LogP contribution in [0.5, 0.6) is 0 Å². The minimum absolute atomic E-state index is 0.286. The molecule has 0 aliphatic carbocycles. The van der Waals surface area contributed by atoms with Crippen LogP contribution in [0.15, 0.2) is 0 Å². The van der Waals surface area contributed by atoms with E-state index in [0.717, 1.165) is 0 Å². The molecule has 0 aliphatic heterocycles. The molecule has 0 fully saturated rings. The lowest BCUT2D eigenvalue weighted by Gasteiger charge is -2.18. The lowest BCUT2D eigenvalue weighted by Crippen LogP contribution is -2.46. The van der Waals surface area contributed by atoms with Crippen molar-refractivity contribution in [3.05, 3.63) is 0 Å². The van der Waals surface area contributed by atoms with Crippen LogP contribution in [0.2, 0.25) is 0 Å². The van der Waals surface area contributed by atoms with Crippen LogP contribution in [0, 0.1) is 5.92 Å². The number of hydrogen-bond acceptors (Lipinski definition) is 9. The Bertz CT molecular complexity index is 1050. The molecule has 0 saturated carbocycles. The number of primary amides is 1. The molecular formula is C24H37N5O13. The zero-order valence-corrected chi connectivity index (χ0v) is 23.1. The summed E-state index contributed by atoms with van der Waals surface area (Å²) in [6, 6.07) is -6.01. The van der Waals surface area contributed by atoms with Gasteiger partial charge < -0.3 is 47.4 Å². The molecule has 0 heterocycles. The molecule has 0 rings (SSSR count). The van der Waals surface area contributed by atoms with Gasteiger partial charge in [0, 0.05) is 31.6 Å². The standard InChI is InChI=1S/C24H37N5O13/c1-11(2)20(34)29-15(24(41)42)6-10-19(33)28-14(23(39)40)5-9-18(32)27-13(22(37)38)4-8-17(31)26-12(21(35)36)3-7-16(25)30/h11-15H,3-10H2,1-2H3,(H2,25,30)(H,26,31)(H,27,32)(H,28,33)(H,29,34)(H,35,36)(H,37,38)(H,39,40)(H,41,42). The second-order valence-corrected chi connectivity index (χ2v) is 9.55. The highest BCUT2D eigenvalue weighted by Gasteiger charge is 2.27. The molecule has 0 radical (unpaired) electrons. The zero-order valence-electron chi connectivity index (χ0n) is 23.1. The Balaban J connectivity index is 4.91. The number of carboxylic acid groups (broad SMARTS) is 4. The van der Waals surface area contributed by atoms with Gasteiger partial charge in [-0.25, -0.2) is 19.2 Å². The molecule has 4 atom stereocenters. The Morgan fingerprint density at radius 1 is 0.500 bits per heavy atom. The van der Waals surface area contributed by atoms with Crippen LogP contribution in [-0.4, -0.2) is 98.0 Å². The zero-order chi connectivity index (χ0) is 32.6. The Labute approximate surface area is 239 Å². The highest BCUT2D eigenvalue weighted by Crippen LogP contribution is 2.06. The molecule has 236 valence electrons. The summed E-state index contributed by atoms with van der Waals surface area (Å²) in [4.78, 5) is 105. The van der Waals surface area contributed by atoms with Crippen LogP contribution in [0.25, 0.3) is 0 Å². The van der Waals surface area contributed by atoms with E-state index in [-0.39, 0.29) is 19.3 Å². The summed E-state index contributed by atoms with van der Waals surface area (Å²) in [5, 5.41) is 45.7. The number of nitrogens with two attached hydrogens (primary N) is 1. The van der Waals surface area contributed by atoms with E-state index in [4.69, 9.17) is 10.8 Å². The number of amides is 5. The van der Waals surface area contributed by atoms with Crippen LogP contribution < -0.4 is 27.0 Å². The van der Waals surface area contributed by atoms with Crippen molar-refractivity contribution in [1.82, 2.24) is 21.3 Å². The van der Waals surface area contributed by atoms with Crippen molar-refractivity contribution in [3.8, 4) is 0 Å². The van der Waals surface area contributed by atoms with Crippen molar-refractivity contribution in [2.24, 2.45) is 11.7 Å². The van der Waals surface area contributed by atoms with Crippen LogP contribution in [0.1, 0.15) is 65.2 Å². The van der Waals surface area contributed by atoms with Gasteiger partial charge in [0.05, 0.1) is 0 Å². The van der Waals surface area contributed by atoms with Crippen molar-refractivity contribution in [3.63, 3.8) is 0 Å². The maximum atomic E-state index is 12.3. The first-order valence-electron chi connectivity index (χ1n) is 12.8. The average Bonchev–Trinajstić information content (AvgIpc) is 2.87.